The van der Waals surface area contributed by atoms with Gasteiger partial charge < -0.3 is 15.1 Å². The van der Waals surface area contributed by atoms with Gasteiger partial charge in [-0.15, -0.1) is 0 Å². The highest BCUT2D eigenvalue weighted by molar-refractivity contribution is 5.97. The number of likely N-dealkylation sites (N-methyl/N-ethyl adjacent to an activating group) is 1. The molecule has 1 aromatic rings. The molecule has 1 N–H and O–H groups in total. The minimum atomic E-state index is 0.228. The predicted molar refractivity (Wildman–Crippen MR) is 75.1 cm³/mol. The number of amides is 1. The van der Waals surface area contributed by atoms with Crippen LogP contribution >= 0.6 is 0 Å². The normalized spacial score (nSPS) is 15.9. The maximum absolute atomic E-state index is 12.2. The van der Waals surface area contributed by atoms with Gasteiger partial charge in [-0.25, -0.2) is 0 Å². The van der Waals surface area contributed by atoms with Crippen LogP contribution in [0.3, 0.4) is 0 Å². The summed E-state index contributed by atoms with van der Waals surface area (Å²) in [4.78, 5) is 16.2. The Hall–Kier alpha value is -1.55. The molecule has 1 aromatic carbocycles. The minimum absolute atomic E-state index is 0.228. The lowest BCUT2D eigenvalue weighted by molar-refractivity contribution is -0.118. The van der Waals surface area contributed by atoms with Crippen molar-refractivity contribution in [1.29, 1.82) is 0 Å². The molecule has 4 heteroatoms. The Morgan fingerprint density at radius 2 is 2.11 bits per heavy atom. The van der Waals surface area contributed by atoms with Crippen LogP contribution < -0.4 is 10.2 Å². The van der Waals surface area contributed by atoms with E-state index in [9.17, 15) is 4.79 Å². The third-order valence-electron chi connectivity index (χ3n) is 3.15. The molecule has 0 saturated heterocycles. The van der Waals surface area contributed by atoms with Gasteiger partial charge in [0.15, 0.2) is 0 Å². The monoisotopic (exact) mass is 247 g/mol. The summed E-state index contributed by atoms with van der Waals surface area (Å²) >= 11 is 0. The van der Waals surface area contributed by atoms with Gasteiger partial charge in [0.25, 0.3) is 0 Å². The molecule has 0 radical (unpaired) electrons. The Bertz CT molecular complexity index is 417. The van der Waals surface area contributed by atoms with Crippen molar-refractivity contribution in [2.75, 3.05) is 43.9 Å². The van der Waals surface area contributed by atoms with Crippen LogP contribution in [0.1, 0.15) is 12.8 Å². The van der Waals surface area contributed by atoms with Crippen molar-refractivity contribution in [2.24, 2.45) is 0 Å². The van der Waals surface area contributed by atoms with Gasteiger partial charge in [0.2, 0.25) is 5.91 Å². The van der Waals surface area contributed by atoms with Crippen molar-refractivity contribution < 1.29 is 4.79 Å². The summed E-state index contributed by atoms with van der Waals surface area (Å²) < 4.78 is 0. The van der Waals surface area contributed by atoms with Crippen LogP contribution in [0, 0.1) is 0 Å². The first-order chi connectivity index (χ1) is 8.68. The van der Waals surface area contributed by atoms with E-state index >= 15 is 0 Å². The van der Waals surface area contributed by atoms with Crippen molar-refractivity contribution >= 4 is 17.3 Å². The molecule has 1 heterocycles. The minimum Gasteiger partial charge on any atom is -0.383 e. The molecule has 0 spiro atoms. The summed E-state index contributed by atoms with van der Waals surface area (Å²) in [7, 11) is 4.05. The zero-order valence-corrected chi connectivity index (χ0v) is 11.1. The van der Waals surface area contributed by atoms with E-state index in [1.54, 1.807) is 0 Å². The quantitative estimate of drug-likeness (QED) is 0.884. The number of carbonyl (C=O) groups excluding carboxylic acids is 1. The summed E-state index contributed by atoms with van der Waals surface area (Å²) in [6.45, 7) is 2.48. The van der Waals surface area contributed by atoms with Gasteiger partial charge in [0, 0.05) is 26.1 Å². The third kappa shape index (κ3) is 3.01. The SMILES string of the molecule is CN(C)CCN1C(=O)CCCNc2ccccc21. The van der Waals surface area contributed by atoms with E-state index in [0.717, 1.165) is 37.4 Å². The molecule has 0 fully saturated rings. The molecule has 0 atom stereocenters. The first-order valence-corrected chi connectivity index (χ1v) is 6.46. The van der Waals surface area contributed by atoms with E-state index in [0.29, 0.717) is 6.42 Å². The second-order valence-electron chi connectivity index (χ2n) is 4.90. The highest BCUT2D eigenvalue weighted by atomic mass is 16.2. The smallest absolute Gasteiger partial charge is 0.227 e. The first kappa shape index (κ1) is 12.9. The second-order valence-corrected chi connectivity index (χ2v) is 4.90. The van der Waals surface area contributed by atoms with Crippen LogP contribution in [-0.2, 0) is 4.79 Å². The first-order valence-electron chi connectivity index (χ1n) is 6.46. The van der Waals surface area contributed by atoms with E-state index in [4.69, 9.17) is 0 Å². The van der Waals surface area contributed by atoms with Crippen LogP contribution in [0.4, 0.5) is 11.4 Å². The molecular weight excluding hydrogens is 226 g/mol. The Labute approximate surface area is 109 Å². The van der Waals surface area contributed by atoms with Gasteiger partial charge >= 0.3 is 0 Å². The summed E-state index contributed by atoms with van der Waals surface area (Å²) in [6.07, 6.45) is 1.51. The molecule has 0 aromatic heterocycles. The Balaban J connectivity index is 2.25. The number of fused-ring (bicyclic) bond motifs is 1. The molecule has 0 aliphatic carbocycles. The highest BCUT2D eigenvalue weighted by Crippen LogP contribution is 2.27. The molecule has 4 nitrogen and oxygen atoms in total. The fourth-order valence-electron chi connectivity index (χ4n) is 2.14. The van der Waals surface area contributed by atoms with Gasteiger partial charge in [-0.3, -0.25) is 4.79 Å². The summed E-state index contributed by atoms with van der Waals surface area (Å²) in [6, 6.07) is 8.04. The Morgan fingerprint density at radius 3 is 2.89 bits per heavy atom. The standard InChI is InChI=1S/C14H21N3O/c1-16(2)10-11-17-13-7-4-3-6-12(13)15-9-5-8-14(17)18/h3-4,6-7,15H,5,8-11H2,1-2H3. The summed E-state index contributed by atoms with van der Waals surface area (Å²) in [5, 5.41) is 3.40. The molecule has 18 heavy (non-hydrogen) atoms. The van der Waals surface area contributed by atoms with Crippen LogP contribution in [0.25, 0.3) is 0 Å². The van der Waals surface area contributed by atoms with Gasteiger partial charge in [-0.05, 0) is 32.6 Å². The molecule has 0 unspecified atom stereocenters. The number of rotatable bonds is 3. The van der Waals surface area contributed by atoms with Crippen molar-refractivity contribution in [3.63, 3.8) is 0 Å². The molecule has 98 valence electrons. The zero-order chi connectivity index (χ0) is 13.0. The largest absolute Gasteiger partial charge is 0.383 e. The lowest BCUT2D eigenvalue weighted by Gasteiger charge is -2.28. The van der Waals surface area contributed by atoms with Gasteiger partial charge in [-0.2, -0.15) is 0 Å². The van der Waals surface area contributed by atoms with Gasteiger partial charge in [0.05, 0.1) is 11.4 Å². The lowest BCUT2D eigenvalue weighted by Crippen LogP contribution is -2.38. The lowest BCUT2D eigenvalue weighted by atomic mass is 10.1. The molecule has 1 aliphatic heterocycles. The van der Waals surface area contributed by atoms with E-state index in [2.05, 4.69) is 10.2 Å². The van der Waals surface area contributed by atoms with E-state index in [-0.39, 0.29) is 5.91 Å². The summed E-state index contributed by atoms with van der Waals surface area (Å²) in [5.41, 5.74) is 2.06. The Morgan fingerprint density at radius 1 is 1.33 bits per heavy atom. The maximum atomic E-state index is 12.2. The molecule has 2 rings (SSSR count). The molecule has 0 saturated carbocycles. The van der Waals surface area contributed by atoms with Crippen molar-refractivity contribution in [3.05, 3.63) is 24.3 Å². The topological polar surface area (TPSA) is 35.6 Å². The predicted octanol–water partition coefficient (Wildman–Crippen LogP) is 1.79. The number of benzene rings is 1. The van der Waals surface area contributed by atoms with Crippen molar-refractivity contribution in [1.82, 2.24) is 4.90 Å². The van der Waals surface area contributed by atoms with Crippen LogP contribution in [-0.4, -0.2) is 44.5 Å². The third-order valence-corrected chi connectivity index (χ3v) is 3.15. The average molecular weight is 247 g/mol. The zero-order valence-electron chi connectivity index (χ0n) is 11.1. The molecule has 1 aliphatic rings. The number of para-hydroxylation sites is 2. The van der Waals surface area contributed by atoms with E-state index in [1.165, 1.54) is 0 Å². The number of carbonyl (C=O) groups is 1. The number of nitrogens with one attached hydrogen (secondary N) is 1. The number of anilines is 2. The number of hydrogen-bond donors (Lipinski definition) is 1. The van der Waals surface area contributed by atoms with Crippen LogP contribution in [0.15, 0.2) is 24.3 Å². The summed E-state index contributed by atoms with van der Waals surface area (Å²) in [5.74, 6) is 0.228. The fourth-order valence-corrected chi connectivity index (χ4v) is 2.14. The van der Waals surface area contributed by atoms with Crippen LogP contribution in [0.2, 0.25) is 0 Å². The van der Waals surface area contributed by atoms with E-state index in [1.807, 2.05) is 43.3 Å². The van der Waals surface area contributed by atoms with Gasteiger partial charge in [-0.1, -0.05) is 12.1 Å². The van der Waals surface area contributed by atoms with Crippen LogP contribution in [0.5, 0.6) is 0 Å². The molecule has 1 amide bonds. The number of nitrogens with zero attached hydrogens (tertiary/aromatic N) is 2. The second kappa shape index (κ2) is 5.87. The van der Waals surface area contributed by atoms with E-state index < -0.39 is 0 Å². The van der Waals surface area contributed by atoms with Crippen molar-refractivity contribution in [3.8, 4) is 0 Å². The molecular formula is C14H21N3O. The van der Waals surface area contributed by atoms with Gasteiger partial charge in [0.1, 0.15) is 0 Å². The average Bonchev–Trinajstić information content (AvgIpc) is 2.34. The fraction of sp³-hybridized carbons (Fsp3) is 0.500. The number of hydrogen-bond acceptors (Lipinski definition) is 3. The molecule has 0 bridgehead atoms. The highest BCUT2D eigenvalue weighted by Gasteiger charge is 2.20. The Kier molecular flexibility index (Phi) is 4.20. The van der Waals surface area contributed by atoms with Crippen molar-refractivity contribution in [2.45, 2.75) is 12.8 Å². The maximum Gasteiger partial charge on any atom is 0.227 e.